The van der Waals surface area contributed by atoms with Crippen molar-refractivity contribution in [1.29, 1.82) is 0 Å². The molecule has 0 radical (unpaired) electrons. The van der Waals surface area contributed by atoms with Gasteiger partial charge in [-0.1, -0.05) is 101 Å². The first-order chi connectivity index (χ1) is 12.6. The Labute approximate surface area is 166 Å². The van der Waals surface area contributed by atoms with Gasteiger partial charge in [-0.3, -0.25) is 4.79 Å². The molecular weight excluding hydrogens is 364 g/mol. The van der Waals surface area contributed by atoms with Gasteiger partial charge in [-0.05, 0) is 21.3 Å². The maximum absolute atomic E-state index is 12.5. The SMILES string of the molecule is CC(C)(C)[Si](OCC(=O)C#C[Si](C)(C)C)(c1ccccc1)c1ccccc1. The fourth-order valence-electron chi connectivity index (χ4n) is 3.23. The van der Waals surface area contributed by atoms with Crippen LogP contribution >= 0.6 is 0 Å². The highest BCUT2D eigenvalue weighted by Gasteiger charge is 2.50. The van der Waals surface area contributed by atoms with Crippen molar-refractivity contribution in [2.75, 3.05) is 6.61 Å². The summed E-state index contributed by atoms with van der Waals surface area (Å²) in [7, 11) is -4.25. The fourth-order valence-corrected chi connectivity index (χ4v) is 8.25. The van der Waals surface area contributed by atoms with Crippen LogP contribution in [-0.2, 0) is 9.22 Å². The number of rotatable bonds is 5. The third-order valence-electron chi connectivity index (χ3n) is 4.41. The third kappa shape index (κ3) is 5.29. The Morgan fingerprint density at radius 1 is 0.889 bits per heavy atom. The highest BCUT2D eigenvalue weighted by molar-refractivity contribution is 6.99. The zero-order valence-electron chi connectivity index (χ0n) is 17.3. The highest BCUT2D eigenvalue weighted by Crippen LogP contribution is 2.36. The van der Waals surface area contributed by atoms with E-state index in [4.69, 9.17) is 4.43 Å². The van der Waals surface area contributed by atoms with Gasteiger partial charge in [0.15, 0.2) is 0 Å². The van der Waals surface area contributed by atoms with Gasteiger partial charge in [-0.15, -0.1) is 5.54 Å². The molecule has 0 aliphatic carbocycles. The molecule has 0 saturated carbocycles. The first kappa shape index (κ1) is 21.4. The van der Waals surface area contributed by atoms with Gasteiger partial charge in [0.05, 0.1) is 0 Å². The van der Waals surface area contributed by atoms with Crippen LogP contribution in [0.25, 0.3) is 0 Å². The van der Waals surface area contributed by atoms with Gasteiger partial charge in [0, 0.05) is 0 Å². The molecule has 2 aromatic rings. The van der Waals surface area contributed by atoms with Crippen molar-refractivity contribution in [2.45, 2.75) is 45.5 Å². The molecule has 27 heavy (non-hydrogen) atoms. The van der Waals surface area contributed by atoms with E-state index >= 15 is 0 Å². The van der Waals surface area contributed by atoms with Crippen molar-refractivity contribution in [2.24, 2.45) is 0 Å². The first-order valence-corrected chi connectivity index (χ1v) is 14.8. The zero-order valence-corrected chi connectivity index (χ0v) is 19.3. The molecule has 2 rings (SSSR count). The topological polar surface area (TPSA) is 26.3 Å². The van der Waals surface area contributed by atoms with Crippen LogP contribution in [0.5, 0.6) is 0 Å². The van der Waals surface area contributed by atoms with Crippen molar-refractivity contribution in [3.8, 4) is 11.5 Å². The third-order valence-corrected chi connectivity index (χ3v) is 10.3. The van der Waals surface area contributed by atoms with Gasteiger partial charge >= 0.3 is 0 Å². The molecule has 2 aromatic carbocycles. The van der Waals surface area contributed by atoms with E-state index in [1.165, 1.54) is 10.4 Å². The van der Waals surface area contributed by atoms with E-state index in [9.17, 15) is 4.79 Å². The molecule has 0 fully saturated rings. The largest absolute Gasteiger partial charge is 0.399 e. The first-order valence-electron chi connectivity index (χ1n) is 9.37. The molecule has 0 bridgehead atoms. The molecule has 0 aliphatic rings. The molecule has 2 nitrogen and oxygen atoms in total. The summed E-state index contributed by atoms with van der Waals surface area (Å²) < 4.78 is 6.60. The minimum atomic E-state index is -2.66. The molecule has 4 heteroatoms. The number of carbonyl (C=O) groups is 1. The Morgan fingerprint density at radius 2 is 1.33 bits per heavy atom. The van der Waals surface area contributed by atoms with Gasteiger partial charge < -0.3 is 4.43 Å². The number of Topliss-reactive ketones (excluding diaryl/α,β-unsaturated/α-hetero) is 1. The molecule has 0 unspecified atom stereocenters. The van der Waals surface area contributed by atoms with Crippen LogP contribution in [0.4, 0.5) is 0 Å². The molecule has 0 saturated heterocycles. The Hall–Kier alpha value is -1.94. The predicted molar refractivity (Wildman–Crippen MR) is 120 cm³/mol. The Balaban J connectivity index is 2.50. The Morgan fingerprint density at radius 3 is 1.70 bits per heavy atom. The minimum absolute atomic E-state index is 0.0325. The second-order valence-electron chi connectivity index (χ2n) is 8.88. The number of hydrogen-bond acceptors (Lipinski definition) is 2. The standard InChI is InChI=1S/C23H30O2Si2/c1-23(2,3)27(21-13-9-7-10-14-21,22-15-11-8-12-16-22)25-19-20(24)17-18-26(4,5)6/h7-16H,19H2,1-6H3. The summed E-state index contributed by atoms with van der Waals surface area (Å²) in [4.78, 5) is 12.5. The predicted octanol–water partition coefficient (Wildman–Crippen LogP) is 4.01. The summed E-state index contributed by atoms with van der Waals surface area (Å²) in [5.74, 6) is 2.69. The Bertz CT molecular complexity index is 780. The summed E-state index contributed by atoms with van der Waals surface area (Å²) in [6, 6.07) is 20.7. The monoisotopic (exact) mass is 394 g/mol. The molecule has 0 atom stereocenters. The van der Waals surface area contributed by atoms with Crippen molar-refractivity contribution in [3.63, 3.8) is 0 Å². The molecular formula is C23H30O2Si2. The van der Waals surface area contributed by atoms with Crippen molar-refractivity contribution < 1.29 is 9.22 Å². The molecule has 142 valence electrons. The smallest absolute Gasteiger partial charge is 0.261 e. The summed E-state index contributed by atoms with van der Waals surface area (Å²) in [6.45, 7) is 13.1. The van der Waals surface area contributed by atoms with E-state index in [0.29, 0.717) is 0 Å². The van der Waals surface area contributed by atoms with E-state index in [2.05, 4.69) is 76.1 Å². The van der Waals surface area contributed by atoms with Gasteiger partial charge in [-0.25, -0.2) is 0 Å². The van der Waals surface area contributed by atoms with Gasteiger partial charge in [0.25, 0.3) is 8.32 Å². The van der Waals surface area contributed by atoms with Gasteiger partial charge in [0.1, 0.15) is 14.7 Å². The normalized spacial score (nSPS) is 12.2. The number of ketones is 1. The van der Waals surface area contributed by atoms with Crippen LogP contribution in [0.3, 0.4) is 0 Å². The van der Waals surface area contributed by atoms with Crippen molar-refractivity contribution >= 4 is 32.5 Å². The maximum atomic E-state index is 12.5. The molecule has 0 spiro atoms. The van der Waals surface area contributed by atoms with Gasteiger partial charge in [0.2, 0.25) is 5.78 Å². The van der Waals surface area contributed by atoms with Gasteiger partial charge in [-0.2, -0.15) is 0 Å². The summed E-state index contributed by atoms with van der Waals surface area (Å²) in [5.41, 5.74) is 3.15. The molecule has 0 aliphatic heterocycles. The quantitative estimate of drug-likeness (QED) is 0.566. The van der Waals surface area contributed by atoms with E-state index in [-0.39, 0.29) is 17.4 Å². The Kier molecular flexibility index (Phi) is 6.64. The average molecular weight is 395 g/mol. The van der Waals surface area contributed by atoms with Crippen molar-refractivity contribution in [1.82, 2.24) is 0 Å². The summed E-state index contributed by atoms with van der Waals surface area (Å²) in [5, 5.41) is 2.21. The van der Waals surface area contributed by atoms with Crippen LogP contribution in [0.2, 0.25) is 24.7 Å². The van der Waals surface area contributed by atoms with E-state index in [1.807, 2.05) is 36.4 Å². The van der Waals surface area contributed by atoms with Crippen LogP contribution < -0.4 is 10.4 Å². The van der Waals surface area contributed by atoms with Crippen LogP contribution in [0.1, 0.15) is 20.8 Å². The van der Waals surface area contributed by atoms with E-state index in [0.717, 1.165) is 0 Å². The summed E-state index contributed by atoms with van der Waals surface area (Å²) >= 11 is 0. The molecule has 0 N–H and O–H groups in total. The van der Waals surface area contributed by atoms with Crippen molar-refractivity contribution in [3.05, 3.63) is 60.7 Å². The van der Waals surface area contributed by atoms with Crippen LogP contribution in [0, 0.1) is 11.5 Å². The van der Waals surface area contributed by atoms with Crippen LogP contribution in [-0.4, -0.2) is 28.8 Å². The second-order valence-corrected chi connectivity index (χ2v) is 17.9. The maximum Gasteiger partial charge on any atom is 0.261 e. The molecule has 0 aromatic heterocycles. The molecule has 0 heterocycles. The lowest BCUT2D eigenvalue weighted by molar-refractivity contribution is -0.115. The zero-order chi connectivity index (χ0) is 20.1. The van der Waals surface area contributed by atoms with Crippen LogP contribution in [0.15, 0.2) is 60.7 Å². The lowest BCUT2D eigenvalue weighted by atomic mass is 10.2. The highest BCUT2D eigenvalue weighted by atomic mass is 28.4. The average Bonchev–Trinajstić information content (AvgIpc) is 2.60. The summed E-state index contributed by atoms with van der Waals surface area (Å²) in [6.07, 6.45) is 0. The fraction of sp³-hybridized carbons (Fsp3) is 0.348. The minimum Gasteiger partial charge on any atom is -0.399 e. The number of hydrogen-bond donors (Lipinski definition) is 0. The lowest BCUT2D eigenvalue weighted by Gasteiger charge is -2.42. The lowest BCUT2D eigenvalue weighted by Crippen LogP contribution is -2.67. The second kappa shape index (κ2) is 8.39. The molecule has 0 amide bonds. The van der Waals surface area contributed by atoms with E-state index < -0.39 is 16.4 Å². The van der Waals surface area contributed by atoms with E-state index in [1.54, 1.807) is 0 Å². The number of carbonyl (C=O) groups excluding carboxylic acids is 1. The number of benzene rings is 2.